The highest BCUT2D eigenvalue weighted by molar-refractivity contribution is 5.77. The number of rotatable bonds is 9. The van der Waals surface area contributed by atoms with Gasteiger partial charge in [-0.25, -0.2) is 0 Å². The standard InChI is InChI=1S/C18H25NO4/c20-18(13-21-11-15-3-4-15)19-10-14-5-7-16(8-6-14)23-12-17-2-1-9-22-17/h5-8,15,17H,1-4,9-13H2,(H,19,20)/t17-/m1/s1. The summed E-state index contributed by atoms with van der Waals surface area (Å²) in [5, 5.41) is 2.86. The average molecular weight is 319 g/mol. The van der Waals surface area contributed by atoms with E-state index in [1.165, 1.54) is 12.8 Å². The molecule has 1 saturated carbocycles. The van der Waals surface area contributed by atoms with Crippen molar-refractivity contribution in [3.63, 3.8) is 0 Å². The maximum Gasteiger partial charge on any atom is 0.246 e. The van der Waals surface area contributed by atoms with Crippen molar-refractivity contribution in [1.29, 1.82) is 0 Å². The smallest absolute Gasteiger partial charge is 0.246 e. The predicted molar refractivity (Wildman–Crippen MR) is 86.3 cm³/mol. The number of nitrogens with one attached hydrogen (secondary N) is 1. The first kappa shape index (κ1) is 16.3. The number of carbonyl (C=O) groups is 1. The Morgan fingerprint density at radius 3 is 2.70 bits per heavy atom. The van der Waals surface area contributed by atoms with Crippen molar-refractivity contribution in [1.82, 2.24) is 5.32 Å². The van der Waals surface area contributed by atoms with Gasteiger partial charge in [0.05, 0.1) is 12.7 Å². The Kier molecular flexibility index (Phi) is 5.88. The molecule has 0 radical (unpaired) electrons. The molecule has 23 heavy (non-hydrogen) atoms. The number of hydrogen-bond acceptors (Lipinski definition) is 4. The van der Waals surface area contributed by atoms with Gasteiger partial charge in [-0.15, -0.1) is 0 Å². The van der Waals surface area contributed by atoms with E-state index < -0.39 is 0 Å². The quantitative estimate of drug-likeness (QED) is 0.759. The van der Waals surface area contributed by atoms with Crippen molar-refractivity contribution in [2.24, 2.45) is 5.92 Å². The van der Waals surface area contributed by atoms with Crippen molar-refractivity contribution < 1.29 is 19.0 Å². The van der Waals surface area contributed by atoms with Crippen LogP contribution in [0, 0.1) is 5.92 Å². The maximum absolute atomic E-state index is 11.7. The zero-order valence-corrected chi connectivity index (χ0v) is 13.5. The summed E-state index contributed by atoms with van der Waals surface area (Å²) in [5.74, 6) is 1.46. The van der Waals surface area contributed by atoms with Gasteiger partial charge < -0.3 is 19.5 Å². The van der Waals surface area contributed by atoms with Crippen LogP contribution in [0.2, 0.25) is 0 Å². The first-order valence-corrected chi connectivity index (χ1v) is 8.47. The van der Waals surface area contributed by atoms with Crippen LogP contribution < -0.4 is 10.1 Å². The number of amides is 1. The normalized spacial score (nSPS) is 20.4. The van der Waals surface area contributed by atoms with Gasteiger partial charge >= 0.3 is 0 Å². The zero-order valence-electron chi connectivity index (χ0n) is 13.5. The predicted octanol–water partition coefficient (Wildman–Crippen LogP) is 2.29. The molecule has 3 rings (SSSR count). The summed E-state index contributed by atoms with van der Waals surface area (Å²) in [5.41, 5.74) is 1.05. The molecule has 126 valence electrons. The molecule has 1 aliphatic carbocycles. The molecular formula is C18H25NO4. The second-order valence-electron chi connectivity index (χ2n) is 6.33. The lowest BCUT2D eigenvalue weighted by atomic mass is 10.2. The highest BCUT2D eigenvalue weighted by atomic mass is 16.5. The molecule has 2 fully saturated rings. The number of carbonyl (C=O) groups excluding carboxylic acids is 1. The van der Waals surface area contributed by atoms with Crippen molar-refractivity contribution in [2.75, 3.05) is 26.4 Å². The highest BCUT2D eigenvalue weighted by Crippen LogP contribution is 2.28. The summed E-state index contributed by atoms with van der Waals surface area (Å²) in [6.45, 7) is 2.83. The molecule has 2 aliphatic rings. The van der Waals surface area contributed by atoms with E-state index in [0.29, 0.717) is 25.7 Å². The van der Waals surface area contributed by atoms with Crippen molar-refractivity contribution in [3.8, 4) is 5.75 Å². The number of ether oxygens (including phenoxy) is 3. The monoisotopic (exact) mass is 319 g/mol. The molecule has 5 heteroatoms. The first-order chi connectivity index (χ1) is 11.3. The Morgan fingerprint density at radius 2 is 2.00 bits per heavy atom. The van der Waals surface area contributed by atoms with Gasteiger partial charge in [-0.2, -0.15) is 0 Å². The molecular weight excluding hydrogens is 294 g/mol. The third-order valence-electron chi connectivity index (χ3n) is 4.16. The summed E-state index contributed by atoms with van der Waals surface area (Å²) in [4.78, 5) is 11.7. The van der Waals surface area contributed by atoms with Gasteiger partial charge in [-0.3, -0.25) is 4.79 Å². The van der Waals surface area contributed by atoms with Crippen LogP contribution in [-0.4, -0.2) is 38.4 Å². The van der Waals surface area contributed by atoms with E-state index >= 15 is 0 Å². The van der Waals surface area contributed by atoms with E-state index in [4.69, 9.17) is 14.2 Å². The van der Waals surface area contributed by atoms with Crippen LogP contribution >= 0.6 is 0 Å². The minimum Gasteiger partial charge on any atom is -0.491 e. The topological polar surface area (TPSA) is 56.8 Å². The molecule has 0 spiro atoms. The highest BCUT2D eigenvalue weighted by Gasteiger charge is 2.21. The lowest BCUT2D eigenvalue weighted by molar-refractivity contribution is -0.126. The molecule has 0 bridgehead atoms. The third kappa shape index (κ3) is 5.84. The van der Waals surface area contributed by atoms with E-state index in [9.17, 15) is 4.79 Å². The molecule has 1 aromatic rings. The van der Waals surface area contributed by atoms with Gasteiger partial charge in [0.15, 0.2) is 0 Å². The van der Waals surface area contributed by atoms with Gasteiger partial charge in [0, 0.05) is 13.2 Å². The lowest BCUT2D eigenvalue weighted by Gasteiger charge is -2.12. The maximum atomic E-state index is 11.7. The molecule has 1 atom stereocenters. The SMILES string of the molecule is O=C(COCC1CC1)NCc1ccc(OC[C@H]2CCCO2)cc1. The van der Waals surface area contributed by atoms with Crippen LogP contribution in [0.3, 0.4) is 0 Å². The van der Waals surface area contributed by atoms with Gasteiger partial charge in [0.1, 0.15) is 19.0 Å². The fourth-order valence-electron chi connectivity index (χ4n) is 2.52. The minimum atomic E-state index is -0.0654. The van der Waals surface area contributed by atoms with Gasteiger partial charge in [0.25, 0.3) is 0 Å². The van der Waals surface area contributed by atoms with Crippen LogP contribution in [0.15, 0.2) is 24.3 Å². The van der Waals surface area contributed by atoms with Crippen molar-refractivity contribution in [3.05, 3.63) is 29.8 Å². The summed E-state index contributed by atoms with van der Waals surface area (Å²) >= 11 is 0. The molecule has 1 saturated heterocycles. The molecule has 1 heterocycles. The van der Waals surface area contributed by atoms with Crippen molar-refractivity contribution >= 4 is 5.91 Å². The van der Waals surface area contributed by atoms with Gasteiger partial charge in [-0.05, 0) is 49.3 Å². The van der Waals surface area contributed by atoms with Crippen molar-refractivity contribution in [2.45, 2.75) is 38.3 Å². The largest absolute Gasteiger partial charge is 0.491 e. The Labute approximate surface area is 137 Å². The molecule has 0 aromatic heterocycles. The first-order valence-electron chi connectivity index (χ1n) is 8.47. The van der Waals surface area contributed by atoms with E-state index in [1.54, 1.807) is 0 Å². The molecule has 1 aromatic carbocycles. The number of hydrogen-bond donors (Lipinski definition) is 1. The van der Waals surface area contributed by atoms with Crippen LogP contribution in [-0.2, 0) is 20.8 Å². The Bertz CT molecular complexity index is 492. The minimum absolute atomic E-state index is 0.0654. The molecule has 1 aliphatic heterocycles. The average Bonchev–Trinajstić information content (AvgIpc) is 3.24. The summed E-state index contributed by atoms with van der Waals surface area (Å²) in [7, 11) is 0. The molecule has 5 nitrogen and oxygen atoms in total. The molecule has 1 N–H and O–H groups in total. The second kappa shape index (κ2) is 8.31. The van der Waals surface area contributed by atoms with Crippen LogP contribution in [0.5, 0.6) is 5.75 Å². The summed E-state index contributed by atoms with van der Waals surface area (Å²) < 4.78 is 16.6. The second-order valence-corrected chi connectivity index (χ2v) is 6.33. The van der Waals surface area contributed by atoms with Crippen LogP contribution in [0.4, 0.5) is 0 Å². The molecule has 1 amide bonds. The van der Waals surface area contributed by atoms with Crippen LogP contribution in [0.1, 0.15) is 31.2 Å². The fraction of sp³-hybridized carbons (Fsp3) is 0.611. The number of benzene rings is 1. The lowest BCUT2D eigenvalue weighted by Crippen LogP contribution is -2.27. The zero-order chi connectivity index (χ0) is 15.9. The third-order valence-corrected chi connectivity index (χ3v) is 4.16. The van der Waals surface area contributed by atoms with E-state index in [0.717, 1.165) is 30.8 Å². The summed E-state index contributed by atoms with van der Waals surface area (Å²) in [6.07, 6.45) is 4.90. The van der Waals surface area contributed by atoms with Crippen LogP contribution in [0.25, 0.3) is 0 Å². The Morgan fingerprint density at radius 1 is 1.17 bits per heavy atom. The molecule has 0 unspecified atom stereocenters. The van der Waals surface area contributed by atoms with E-state index in [2.05, 4.69) is 5.32 Å². The summed E-state index contributed by atoms with van der Waals surface area (Å²) in [6, 6.07) is 7.80. The van der Waals surface area contributed by atoms with E-state index in [-0.39, 0.29) is 18.6 Å². The van der Waals surface area contributed by atoms with Gasteiger partial charge in [-0.1, -0.05) is 12.1 Å². The van der Waals surface area contributed by atoms with E-state index in [1.807, 2.05) is 24.3 Å². The Balaban J connectivity index is 1.32. The fourth-order valence-corrected chi connectivity index (χ4v) is 2.52. The Hall–Kier alpha value is -1.59. The van der Waals surface area contributed by atoms with Gasteiger partial charge in [0.2, 0.25) is 5.91 Å².